The van der Waals surface area contributed by atoms with Crippen LogP contribution in [0.4, 0.5) is 0 Å². The lowest BCUT2D eigenvalue weighted by molar-refractivity contribution is -0.117. The first-order valence-electron chi connectivity index (χ1n) is 7.15. The molecule has 0 aromatic heterocycles. The number of nitrogens with zero attached hydrogens (tertiary/aromatic N) is 1. The van der Waals surface area contributed by atoms with Crippen LogP contribution >= 0.6 is 31.9 Å². The third-order valence-corrected chi connectivity index (χ3v) is 4.40. The summed E-state index contributed by atoms with van der Waals surface area (Å²) in [5.74, 6) is 0.163. The Bertz CT molecular complexity index is 856. The summed E-state index contributed by atoms with van der Waals surface area (Å²) >= 11 is 6.52. The summed E-state index contributed by atoms with van der Waals surface area (Å²) in [6.07, 6.45) is 1.34. The molecule has 0 saturated carbocycles. The molecule has 2 N–H and O–H groups in total. The van der Waals surface area contributed by atoms with Crippen LogP contribution in [0.2, 0.25) is 0 Å². The predicted molar refractivity (Wildman–Crippen MR) is 102 cm³/mol. The zero-order chi connectivity index (χ0) is 18.4. The molecular weight excluding hydrogens is 452 g/mol. The molecule has 0 bridgehead atoms. The van der Waals surface area contributed by atoms with Crippen molar-refractivity contribution in [3.05, 3.63) is 62.0 Å². The molecule has 5 nitrogen and oxygen atoms in total. The minimum atomic E-state index is -0.520. The molecule has 2 rings (SSSR count). The van der Waals surface area contributed by atoms with E-state index in [4.69, 9.17) is 4.74 Å². The van der Waals surface area contributed by atoms with Crippen molar-refractivity contribution in [2.24, 2.45) is 0 Å². The third kappa shape index (κ3) is 5.08. The number of ether oxygens (including phenoxy) is 1. The molecule has 2 aromatic carbocycles. The van der Waals surface area contributed by atoms with Crippen LogP contribution in [0, 0.1) is 11.3 Å². The molecule has 7 heteroatoms. The number of hydrogen-bond acceptors (Lipinski definition) is 4. The Morgan fingerprint density at radius 1 is 1.32 bits per heavy atom. The molecule has 25 heavy (non-hydrogen) atoms. The van der Waals surface area contributed by atoms with Crippen molar-refractivity contribution < 1.29 is 14.6 Å². The Balaban J connectivity index is 2.14. The molecule has 0 radical (unpaired) electrons. The van der Waals surface area contributed by atoms with Crippen molar-refractivity contribution in [2.75, 3.05) is 7.11 Å². The van der Waals surface area contributed by atoms with Gasteiger partial charge in [0.15, 0.2) is 0 Å². The van der Waals surface area contributed by atoms with Crippen LogP contribution in [0.5, 0.6) is 11.5 Å². The summed E-state index contributed by atoms with van der Waals surface area (Å²) in [6.45, 7) is 0.274. The van der Waals surface area contributed by atoms with Crippen molar-refractivity contribution in [1.82, 2.24) is 5.32 Å². The lowest BCUT2D eigenvalue weighted by Crippen LogP contribution is -2.23. The number of nitriles is 1. The summed E-state index contributed by atoms with van der Waals surface area (Å²) in [7, 11) is 1.58. The van der Waals surface area contributed by atoms with Crippen LogP contribution < -0.4 is 10.1 Å². The summed E-state index contributed by atoms with van der Waals surface area (Å²) in [6, 6.07) is 12.4. The van der Waals surface area contributed by atoms with E-state index >= 15 is 0 Å². The average Bonchev–Trinajstić information content (AvgIpc) is 2.61. The first-order chi connectivity index (χ1) is 11.9. The van der Waals surface area contributed by atoms with Gasteiger partial charge in [-0.2, -0.15) is 5.26 Å². The minimum absolute atomic E-state index is 0.0427. The molecular formula is C18H14Br2N2O3. The number of benzene rings is 2. The van der Waals surface area contributed by atoms with Gasteiger partial charge in [-0.25, -0.2) is 0 Å². The van der Waals surface area contributed by atoms with Crippen molar-refractivity contribution >= 4 is 43.8 Å². The molecule has 0 aliphatic rings. The lowest BCUT2D eigenvalue weighted by atomic mass is 10.1. The Labute approximate surface area is 162 Å². The topological polar surface area (TPSA) is 82.3 Å². The minimum Gasteiger partial charge on any atom is -0.506 e. The zero-order valence-corrected chi connectivity index (χ0v) is 16.4. The van der Waals surface area contributed by atoms with Gasteiger partial charge in [-0.05, 0) is 51.8 Å². The first kappa shape index (κ1) is 19.0. The number of hydrogen-bond donors (Lipinski definition) is 2. The third-order valence-electron chi connectivity index (χ3n) is 3.33. The van der Waals surface area contributed by atoms with Gasteiger partial charge in [0.05, 0.1) is 11.6 Å². The largest absolute Gasteiger partial charge is 0.506 e. The second kappa shape index (κ2) is 8.70. The van der Waals surface area contributed by atoms with Crippen LogP contribution in [0.15, 0.2) is 50.9 Å². The van der Waals surface area contributed by atoms with Crippen LogP contribution in [0.3, 0.4) is 0 Å². The molecule has 0 saturated heterocycles. The second-order valence-electron chi connectivity index (χ2n) is 5.03. The monoisotopic (exact) mass is 464 g/mol. The molecule has 128 valence electrons. The standard InChI is InChI=1S/C18H14Br2N2O3/c1-25-15-4-2-11(3-5-15)10-22-18(24)13(9-21)6-12-7-14(19)8-16(20)17(12)23/h2-8,23H,10H2,1H3,(H,22,24)/b13-6-. The van der Waals surface area contributed by atoms with E-state index in [2.05, 4.69) is 37.2 Å². The van der Waals surface area contributed by atoms with Gasteiger partial charge in [-0.15, -0.1) is 0 Å². The number of phenols is 1. The fraction of sp³-hybridized carbons (Fsp3) is 0.111. The fourth-order valence-corrected chi connectivity index (χ4v) is 3.28. The number of carbonyl (C=O) groups excluding carboxylic acids is 1. The number of carbonyl (C=O) groups is 1. The van der Waals surface area contributed by atoms with Gasteiger partial charge in [0.2, 0.25) is 0 Å². The Morgan fingerprint density at radius 2 is 2.00 bits per heavy atom. The predicted octanol–water partition coefficient (Wildman–Crippen LogP) is 4.15. The molecule has 0 aliphatic carbocycles. The highest BCUT2D eigenvalue weighted by molar-refractivity contribution is 9.11. The number of amides is 1. The normalized spacial score (nSPS) is 10.9. The van der Waals surface area contributed by atoms with Gasteiger partial charge in [0, 0.05) is 16.6 Å². The van der Waals surface area contributed by atoms with Gasteiger partial charge in [0.25, 0.3) is 5.91 Å². The van der Waals surface area contributed by atoms with Crippen molar-refractivity contribution in [1.29, 1.82) is 5.26 Å². The second-order valence-corrected chi connectivity index (χ2v) is 6.80. The van der Waals surface area contributed by atoms with E-state index in [0.29, 0.717) is 14.5 Å². The molecule has 1 amide bonds. The quantitative estimate of drug-likeness (QED) is 0.513. The number of aromatic hydroxyl groups is 1. The smallest absolute Gasteiger partial charge is 0.262 e. The van der Waals surface area contributed by atoms with Crippen molar-refractivity contribution in [3.8, 4) is 17.6 Å². The highest BCUT2D eigenvalue weighted by atomic mass is 79.9. The van der Waals surface area contributed by atoms with Gasteiger partial charge in [-0.1, -0.05) is 28.1 Å². The number of rotatable bonds is 5. The number of methoxy groups -OCH3 is 1. The summed E-state index contributed by atoms with van der Waals surface area (Å²) < 4.78 is 6.25. The average molecular weight is 466 g/mol. The van der Waals surface area contributed by atoms with E-state index in [1.54, 1.807) is 31.4 Å². The van der Waals surface area contributed by atoms with E-state index in [9.17, 15) is 15.2 Å². The Hall–Kier alpha value is -2.30. The summed E-state index contributed by atoms with van der Waals surface area (Å²) in [5, 5.41) is 22.0. The van der Waals surface area contributed by atoms with Crippen LogP contribution in [-0.4, -0.2) is 18.1 Å². The number of nitrogens with one attached hydrogen (secondary N) is 1. The molecule has 0 aliphatic heterocycles. The highest BCUT2D eigenvalue weighted by Crippen LogP contribution is 2.33. The van der Waals surface area contributed by atoms with Crippen molar-refractivity contribution in [3.63, 3.8) is 0 Å². The molecule has 0 heterocycles. The molecule has 0 spiro atoms. The maximum atomic E-state index is 12.2. The lowest BCUT2D eigenvalue weighted by Gasteiger charge is -2.07. The Kier molecular flexibility index (Phi) is 6.62. The van der Waals surface area contributed by atoms with Gasteiger partial charge >= 0.3 is 0 Å². The zero-order valence-electron chi connectivity index (χ0n) is 13.2. The number of halogens is 2. The maximum Gasteiger partial charge on any atom is 0.262 e. The Morgan fingerprint density at radius 3 is 2.60 bits per heavy atom. The SMILES string of the molecule is COc1ccc(CNC(=O)/C(C#N)=C\c2cc(Br)cc(Br)c2O)cc1. The van der Waals surface area contributed by atoms with E-state index in [0.717, 1.165) is 11.3 Å². The van der Waals surface area contributed by atoms with Gasteiger partial charge in [0.1, 0.15) is 23.1 Å². The molecule has 0 unspecified atom stereocenters. The van der Waals surface area contributed by atoms with Crippen molar-refractivity contribution in [2.45, 2.75) is 6.54 Å². The van der Waals surface area contributed by atoms with E-state index in [-0.39, 0.29) is 17.9 Å². The van der Waals surface area contributed by atoms with Gasteiger partial charge in [-0.3, -0.25) is 4.79 Å². The van der Waals surface area contributed by atoms with Crippen LogP contribution in [0.1, 0.15) is 11.1 Å². The molecule has 2 aromatic rings. The van der Waals surface area contributed by atoms with Crippen LogP contribution in [-0.2, 0) is 11.3 Å². The van der Waals surface area contributed by atoms with Gasteiger partial charge < -0.3 is 15.2 Å². The summed E-state index contributed by atoms with van der Waals surface area (Å²) in [5.41, 5.74) is 1.13. The van der Waals surface area contributed by atoms with E-state index < -0.39 is 5.91 Å². The summed E-state index contributed by atoms with van der Waals surface area (Å²) in [4.78, 5) is 12.2. The fourth-order valence-electron chi connectivity index (χ4n) is 2.02. The molecule has 0 atom stereocenters. The highest BCUT2D eigenvalue weighted by Gasteiger charge is 2.12. The van der Waals surface area contributed by atoms with E-state index in [1.807, 2.05) is 18.2 Å². The number of phenolic OH excluding ortho intramolecular Hbond substituents is 1. The van der Waals surface area contributed by atoms with Crippen LogP contribution in [0.25, 0.3) is 6.08 Å². The molecule has 0 fully saturated rings. The first-order valence-corrected chi connectivity index (χ1v) is 8.74. The maximum absolute atomic E-state index is 12.2. The van der Waals surface area contributed by atoms with E-state index in [1.165, 1.54) is 6.08 Å².